The van der Waals surface area contributed by atoms with E-state index in [1.807, 2.05) is 18.2 Å². The predicted molar refractivity (Wildman–Crippen MR) is 134 cm³/mol. The number of likely N-dealkylation sites (tertiary alicyclic amines) is 1. The van der Waals surface area contributed by atoms with Crippen LogP contribution in [0.2, 0.25) is 0 Å². The first-order valence-electron chi connectivity index (χ1n) is 11.4. The topological polar surface area (TPSA) is 101 Å². The first-order valence-corrected chi connectivity index (χ1v) is 11.4. The number of nitrogens with zero attached hydrogens (tertiary/aromatic N) is 5. The highest BCUT2D eigenvalue weighted by atomic mass is 127. The highest BCUT2D eigenvalue weighted by molar-refractivity contribution is 14.0. The number of pyridine rings is 1. The standard InChI is InChI=1S/C22H33N7O2.HI/c1-2-23-22(26-18-7-12-29(13-8-18)15-17-9-14-30-16-17)25-11-6-20-27-21(31-28-20)19-5-3-4-10-24-19;/h3-5,10,17-18H,2,6-9,11-16H2,1H3,(H2,23,25,26);1H. The Bertz CT molecular complexity index is 819. The van der Waals surface area contributed by atoms with E-state index in [0.717, 1.165) is 51.6 Å². The fourth-order valence-electron chi connectivity index (χ4n) is 4.08. The molecule has 0 spiro atoms. The molecule has 0 radical (unpaired) electrons. The van der Waals surface area contributed by atoms with Gasteiger partial charge in [0.25, 0.3) is 5.89 Å². The predicted octanol–water partition coefficient (Wildman–Crippen LogP) is 2.35. The second kappa shape index (κ2) is 13.0. The Labute approximate surface area is 206 Å². The monoisotopic (exact) mass is 555 g/mol. The van der Waals surface area contributed by atoms with Crippen LogP contribution in [0.1, 0.15) is 32.0 Å². The largest absolute Gasteiger partial charge is 0.381 e. The maximum absolute atomic E-state index is 5.51. The number of halogens is 1. The molecule has 2 N–H and O–H groups in total. The number of piperidine rings is 1. The molecule has 2 aliphatic rings. The van der Waals surface area contributed by atoms with Crippen LogP contribution >= 0.6 is 24.0 Å². The highest BCUT2D eigenvalue weighted by Crippen LogP contribution is 2.18. The van der Waals surface area contributed by atoms with E-state index in [-0.39, 0.29) is 24.0 Å². The van der Waals surface area contributed by atoms with Crippen molar-refractivity contribution >= 4 is 29.9 Å². The molecule has 2 aromatic rings. The Kier molecular flexibility index (Phi) is 10.1. The zero-order chi connectivity index (χ0) is 21.3. The molecule has 9 nitrogen and oxygen atoms in total. The fraction of sp³-hybridized carbons (Fsp3) is 0.636. The molecule has 0 amide bonds. The van der Waals surface area contributed by atoms with Gasteiger partial charge in [-0.25, -0.2) is 0 Å². The van der Waals surface area contributed by atoms with Crippen LogP contribution in [0.15, 0.2) is 33.9 Å². The smallest absolute Gasteiger partial charge is 0.276 e. The molecule has 0 aromatic carbocycles. The van der Waals surface area contributed by atoms with Gasteiger partial charge in [0.05, 0.1) is 6.61 Å². The SMILES string of the molecule is CCNC(=NCCc1noc(-c2ccccn2)n1)NC1CCN(CC2CCOC2)CC1.I. The van der Waals surface area contributed by atoms with Gasteiger partial charge in [0.2, 0.25) is 0 Å². The number of rotatable bonds is 8. The van der Waals surface area contributed by atoms with Crippen LogP contribution in [0.3, 0.4) is 0 Å². The van der Waals surface area contributed by atoms with Crippen molar-refractivity contribution in [1.29, 1.82) is 0 Å². The lowest BCUT2D eigenvalue weighted by atomic mass is 10.0. The third-order valence-corrected chi connectivity index (χ3v) is 5.77. The number of nitrogens with one attached hydrogen (secondary N) is 2. The van der Waals surface area contributed by atoms with E-state index in [1.54, 1.807) is 6.20 Å². The summed E-state index contributed by atoms with van der Waals surface area (Å²) in [5, 5.41) is 11.0. The van der Waals surface area contributed by atoms with Crippen LogP contribution in [0.25, 0.3) is 11.6 Å². The van der Waals surface area contributed by atoms with Gasteiger partial charge in [0, 0.05) is 58.0 Å². The van der Waals surface area contributed by atoms with E-state index in [4.69, 9.17) is 14.3 Å². The first kappa shape index (κ1) is 24.8. The van der Waals surface area contributed by atoms with Gasteiger partial charge >= 0.3 is 0 Å². The van der Waals surface area contributed by atoms with E-state index in [1.165, 1.54) is 13.0 Å². The summed E-state index contributed by atoms with van der Waals surface area (Å²) in [6.45, 7) is 8.81. The zero-order valence-electron chi connectivity index (χ0n) is 18.7. The number of aromatic nitrogens is 3. The average Bonchev–Trinajstić information content (AvgIpc) is 3.48. The van der Waals surface area contributed by atoms with Gasteiger partial charge in [-0.2, -0.15) is 4.98 Å². The molecular weight excluding hydrogens is 521 g/mol. The Balaban J connectivity index is 0.00000289. The number of aliphatic imine (C=N–C) groups is 1. The fourth-order valence-corrected chi connectivity index (χ4v) is 4.08. The summed E-state index contributed by atoms with van der Waals surface area (Å²) in [6.07, 6.45) is 5.81. The van der Waals surface area contributed by atoms with Crippen molar-refractivity contribution in [2.75, 3.05) is 45.9 Å². The Morgan fingerprint density at radius 1 is 1.25 bits per heavy atom. The van der Waals surface area contributed by atoms with Gasteiger partial charge in [-0.05, 0) is 44.2 Å². The van der Waals surface area contributed by atoms with Gasteiger partial charge in [-0.15, -0.1) is 24.0 Å². The Morgan fingerprint density at radius 3 is 2.84 bits per heavy atom. The lowest BCUT2D eigenvalue weighted by Crippen LogP contribution is -2.49. The minimum Gasteiger partial charge on any atom is -0.381 e. The molecule has 10 heteroatoms. The lowest BCUT2D eigenvalue weighted by Gasteiger charge is -2.34. The number of hydrogen-bond acceptors (Lipinski definition) is 7. The second-order valence-electron chi connectivity index (χ2n) is 8.19. The van der Waals surface area contributed by atoms with E-state index in [0.29, 0.717) is 42.3 Å². The van der Waals surface area contributed by atoms with Gasteiger partial charge < -0.3 is 24.8 Å². The van der Waals surface area contributed by atoms with Gasteiger partial charge in [-0.3, -0.25) is 9.98 Å². The molecule has 1 unspecified atom stereocenters. The van der Waals surface area contributed by atoms with Crippen molar-refractivity contribution in [2.24, 2.45) is 10.9 Å². The van der Waals surface area contributed by atoms with E-state index < -0.39 is 0 Å². The summed E-state index contributed by atoms with van der Waals surface area (Å²) in [6, 6.07) is 6.07. The van der Waals surface area contributed by atoms with Crippen molar-refractivity contribution in [2.45, 2.75) is 38.6 Å². The maximum Gasteiger partial charge on any atom is 0.276 e. The molecule has 2 fully saturated rings. The van der Waals surface area contributed by atoms with Crippen LogP contribution < -0.4 is 10.6 Å². The average molecular weight is 555 g/mol. The zero-order valence-corrected chi connectivity index (χ0v) is 21.0. The molecule has 0 aliphatic carbocycles. The van der Waals surface area contributed by atoms with Crippen molar-refractivity contribution in [3.05, 3.63) is 30.2 Å². The molecule has 0 saturated carbocycles. The van der Waals surface area contributed by atoms with Crippen LogP contribution in [0.4, 0.5) is 0 Å². The summed E-state index contributed by atoms with van der Waals surface area (Å²) in [5.41, 5.74) is 0.687. The van der Waals surface area contributed by atoms with Crippen molar-refractivity contribution in [1.82, 2.24) is 30.7 Å². The van der Waals surface area contributed by atoms with E-state index in [2.05, 4.69) is 37.6 Å². The minimum atomic E-state index is 0. The van der Waals surface area contributed by atoms with E-state index in [9.17, 15) is 0 Å². The first-order chi connectivity index (χ1) is 15.3. The number of hydrogen-bond donors (Lipinski definition) is 2. The Morgan fingerprint density at radius 2 is 2.12 bits per heavy atom. The molecular formula is C22H34IN7O2. The molecule has 2 aliphatic heterocycles. The Hall–Kier alpha value is -1.79. The summed E-state index contributed by atoms with van der Waals surface area (Å²) in [4.78, 5) is 16.0. The van der Waals surface area contributed by atoms with Crippen LogP contribution in [0, 0.1) is 5.92 Å². The molecule has 4 rings (SSSR count). The quantitative estimate of drug-likeness (QED) is 0.291. The molecule has 32 heavy (non-hydrogen) atoms. The van der Waals surface area contributed by atoms with Crippen molar-refractivity contribution < 1.29 is 9.26 Å². The normalized spacial score (nSPS) is 20.2. The molecule has 2 saturated heterocycles. The summed E-state index contributed by atoms with van der Waals surface area (Å²) >= 11 is 0. The number of ether oxygens (including phenoxy) is 1. The number of guanidine groups is 1. The summed E-state index contributed by atoms with van der Waals surface area (Å²) in [7, 11) is 0. The summed E-state index contributed by atoms with van der Waals surface area (Å²) < 4.78 is 10.8. The van der Waals surface area contributed by atoms with Gasteiger partial charge in [0.1, 0.15) is 5.69 Å². The lowest BCUT2D eigenvalue weighted by molar-refractivity contribution is 0.150. The van der Waals surface area contributed by atoms with Crippen LogP contribution in [-0.4, -0.2) is 78.0 Å². The van der Waals surface area contributed by atoms with Crippen LogP contribution in [0.5, 0.6) is 0 Å². The molecule has 4 heterocycles. The second-order valence-corrected chi connectivity index (χ2v) is 8.19. The highest BCUT2D eigenvalue weighted by Gasteiger charge is 2.24. The molecule has 1 atom stereocenters. The third-order valence-electron chi connectivity index (χ3n) is 5.77. The summed E-state index contributed by atoms with van der Waals surface area (Å²) in [5.74, 6) is 2.66. The molecule has 0 bridgehead atoms. The van der Waals surface area contributed by atoms with E-state index >= 15 is 0 Å². The molecule has 2 aromatic heterocycles. The molecule has 176 valence electrons. The van der Waals surface area contributed by atoms with Crippen molar-refractivity contribution in [3.8, 4) is 11.6 Å². The maximum atomic E-state index is 5.51. The van der Waals surface area contributed by atoms with Gasteiger partial charge in [-0.1, -0.05) is 11.2 Å². The van der Waals surface area contributed by atoms with Crippen LogP contribution in [-0.2, 0) is 11.2 Å². The minimum absolute atomic E-state index is 0. The van der Waals surface area contributed by atoms with Crippen molar-refractivity contribution in [3.63, 3.8) is 0 Å². The van der Waals surface area contributed by atoms with Gasteiger partial charge in [0.15, 0.2) is 11.8 Å². The third kappa shape index (κ3) is 7.38.